The third kappa shape index (κ3) is 3.82. The monoisotopic (exact) mass is 342 g/mol. The highest BCUT2D eigenvalue weighted by Gasteiger charge is 2.28. The molecule has 1 nitrogen and oxygen atoms in total. The van der Waals surface area contributed by atoms with Gasteiger partial charge in [-0.1, -0.05) is 26.0 Å². The summed E-state index contributed by atoms with van der Waals surface area (Å²) < 4.78 is 14.0. The van der Waals surface area contributed by atoms with Crippen molar-refractivity contribution in [2.45, 2.75) is 52.1 Å². The third-order valence-electron chi connectivity index (χ3n) is 4.76. The molecule has 1 unspecified atom stereocenters. The number of halogens is 2. The Morgan fingerprint density at radius 3 is 2.40 bits per heavy atom. The number of hydrogen-bond donors (Lipinski definition) is 1. The lowest BCUT2D eigenvalue weighted by molar-refractivity contribution is 0.0673. The molecule has 0 spiro atoms. The fourth-order valence-corrected chi connectivity index (χ4v) is 3.72. The molecule has 1 saturated carbocycles. The molecule has 0 bridgehead atoms. The summed E-state index contributed by atoms with van der Waals surface area (Å²) in [6.45, 7) is 4.57. The quantitative estimate of drug-likeness (QED) is 0.820. The van der Waals surface area contributed by atoms with Crippen molar-refractivity contribution in [1.29, 1.82) is 0 Å². The molecular weight excluding hydrogens is 319 g/mol. The van der Waals surface area contributed by atoms with E-state index in [2.05, 4.69) is 29.8 Å². The Bertz CT molecular complexity index is 439. The average Bonchev–Trinajstić information content (AvgIpc) is 2.44. The van der Waals surface area contributed by atoms with Crippen molar-refractivity contribution in [2.24, 2.45) is 17.8 Å². The van der Waals surface area contributed by atoms with E-state index < -0.39 is 0 Å². The summed E-state index contributed by atoms with van der Waals surface area (Å²) in [6, 6.07) is 5.03. The Kier molecular flexibility index (Phi) is 5.62. The van der Waals surface area contributed by atoms with Crippen molar-refractivity contribution in [3.05, 3.63) is 34.1 Å². The van der Waals surface area contributed by atoms with E-state index in [-0.39, 0.29) is 11.9 Å². The van der Waals surface area contributed by atoms with Crippen LogP contribution in [0.4, 0.5) is 4.39 Å². The van der Waals surface area contributed by atoms with Crippen LogP contribution in [0.15, 0.2) is 22.7 Å². The predicted molar refractivity (Wildman–Crippen MR) is 84.1 cm³/mol. The molecule has 2 rings (SSSR count). The van der Waals surface area contributed by atoms with Gasteiger partial charge in [0.05, 0.1) is 10.6 Å². The van der Waals surface area contributed by atoms with Crippen molar-refractivity contribution >= 4 is 15.9 Å². The molecule has 3 heteroatoms. The molecule has 1 atom stereocenters. The van der Waals surface area contributed by atoms with E-state index >= 15 is 0 Å². The average molecular weight is 343 g/mol. The first-order valence-corrected chi connectivity index (χ1v) is 8.39. The van der Waals surface area contributed by atoms with E-state index in [0.717, 1.165) is 30.2 Å². The fourth-order valence-electron chi connectivity index (χ4n) is 3.29. The number of hydrogen-bond acceptors (Lipinski definition) is 1. The van der Waals surface area contributed by atoms with E-state index in [4.69, 9.17) is 0 Å². The zero-order valence-electron chi connectivity index (χ0n) is 12.3. The zero-order chi connectivity index (χ0) is 14.7. The standard InChI is InChI=1S/C17H24BrFO/c1-11(2)12-6-8-13(9-7-12)16(20)10-14-4-3-5-15(19)17(14)18/h3-5,11-13,16,20H,6-10H2,1-2H3. The van der Waals surface area contributed by atoms with Crippen LogP contribution in [-0.4, -0.2) is 11.2 Å². The van der Waals surface area contributed by atoms with Crippen molar-refractivity contribution in [3.8, 4) is 0 Å². The summed E-state index contributed by atoms with van der Waals surface area (Å²) in [4.78, 5) is 0. The van der Waals surface area contributed by atoms with Gasteiger partial charge in [0.25, 0.3) is 0 Å². The van der Waals surface area contributed by atoms with Crippen molar-refractivity contribution in [2.75, 3.05) is 0 Å². The molecule has 1 aliphatic carbocycles. The van der Waals surface area contributed by atoms with E-state index in [1.54, 1.807) is 6.07 Å². The maximum Gasteiger partial charge on any atom is 0.137 e. The molecular formula is C17H24BrFO. The van der Waals surface area contributed by atoms with Gasteiger partial charge in [-0.25, -0.2) is 4.39 Å². The maximum atomic E-state index is 13.5. The molecule has 0 heterocycles. The molecule has 0 amide bonds. The van der Waals surface area contributed by atoms with Gasteiger partial charge in [0, 0.05) is 0 Å². The molecule has 0 radical (unpaired) electrons. The van der Waals surface area contributed by atoms with Crippen LogP contribution in [0, 0.1) is 23.6 Å². The lowest BCUT2D eigenvalue weighted by Crippen LogP contribution is -2.29. The first-order chi connectivity index (χ1) is 9.49. The largest absolute Gasteiger partial charge is 0.392 e. The maximum absolute atomic E-state index is 13.5. The zero-order valence-corrected chi connectivity index (χ0v) is 13.9. The van der Waals surface area contributed by atoms with Crippen LogP contribution in [0.2, 0.25) is 0 Å². The first kappa shape index (κ1) is 16.0. The van der Waals surface area contributed by atoms with E-state index in [0.29, 0.717) is 16.8 Å². The Labute approximate surface area is 129 Å². The van der Waals surface area contributed by atoms with Gasteiger partial charge in [0.15, 0.2) is 0 Å². The second-order valence-electron chi connectivity index (χ2n) is 6.40. The van der Waals surface area contributed by atoms with Crippen LogP contribution >= 0.6 is 15.9 Å². The smallest absolute Gasteiger partial charge is 0.137 e. The highest BCUT2D eigenvalue weighted by molar-refractivity contribution is 9.10. The van der Waals surface area contributed by atoms with Gasteiger partial charge in [0.2, 0.25) is 0 Å². The Hall–Kier alpha value is -0.410. The Balaban J connectivity index is 1.93. The summed E-state index contributed by atoms with van der Waals surface area (Å²) in [5.74, 6) is 1.66. The van der Waals surface area contributed by atoms with E-state index in [9.17, 15) is 9.50 Å². The number of aliphatic hydroxyl groups excluding tert-OH is 1. The molecule has 0 aliphatic heterocycles. The summed E-state index contributed by atoms with van der Waals surface area (Å²) in [7, 11) is 0. The van der Waals surface area contributed by atoms with Crippen LogP contribution in [0.25, 0.3) is 0 Å². The lowest BCUT2D eigenvalue weighted by atomic mass is 9.74. The molecule has 112 valence electrons. The SMILES string of the molecule is CC(C)C1CCC(C(O)Cc2cccc(F)c2Br)CC1. The van der Waals surface area contributed by atoms with Crippen LogP contribution < -0.4 is 0 Å². The lowest BCUT2D eigenvalue weighted by Gasteiger charge is -2.33. The van der Waals surface area contributed by atoms with Crippen molar-refractivity contribution in [3.63, 3.8) is 0 Å². The molecule has 1 aromatic carbocycles. The fraction of sp³-hybridized carbons (Fsp3) is 0.647. The molecule has 0 aromatic heterocycles. The molecule has 1 aromatic rings. The minimum atomic E-state index is -0.360. The number of rotatable bonds is 4. The Morgan fingerprint density at radius 2 is 1.80 bits per heavy atom. The van der Waals surface area contributed by atoms with Gasteiger partial charge < -0.3 is 5.11 Å². The summed E-state index contributed by atoms with van der Waals surface area (Å²) >= 11 is 3.28. The summed E-state index contributed by atoms with van der Waals surface area (Å²) in [5, 5.41) is 10.4. The number of aliphatic hydroxyl groups is 1. The van der Waals surface area contributed by atoms with Gasteiger partial charge in [0.1, 0.15) is 5.82 Å². The molecule has 0 saturated heterocycles. The van der Waals surface area contributed by atoms with Crippen LogP contribution in [0.3, 0.4) is 0 Å². The minimum absolute atomic E-state index is 0.252. The number of benzene rings is 1. The van der Waals surface area contributed by atoms with Crippen molar-refractivity contribution in [1.82, 2.24) is 0 Å². The molecule has 1 fully saturated rings. The summed E-state index contributed by atoms with van der Waals surface area (Å²) in [6.07, 6.45) is 4.79. The van der Waals surface area contributed by atoms with Crippen LogP contribution in [0.1, 0.15) is 45.1 Å². The first-order valence-electron chi connectivity index (χ1n) is 7.60. The van der Waals surface area contributed by atoms with Gasteiger partial charge >= 0.3 is 0 Å². The van der Waals surface area contributed by atoms with Gasteiger partial charge in [-0.3, -0.25) is 0 Å². The second kappa shape index (κ2) is 7.04. The second-order valence-corrected chi connectivity index (χ2v) is 7.20. The van der Waals surface area contributed by atoms with E-state index in [1.807, 2.05) is 6.07 Å². The van der Waals surface area contributed by atoms with Gasteiger partial charge in [-0.15, -0.1) is 0 Å². The highest BCUT2D eigenvalue weighted by atomic mass is 79.9. The molecule has 20 heavy (non-hydrogen) atoms. The van der Waals surface area contributed by atoms with Gasteiger partial charge in [-0.2, -0.15) is 0 Å². The molecule has 1 aliphatic rings. The third-order valence-corrected chi connectivity index (χ3v) is 5.65. The van der Waals surface area contributed by atoms with Gasteiger partial charge in [-0.05, 0) is 77.4 Å². The van der Waals surface area contributed by atoms with Crippen molar-refractivity contribution < 1.29 is 9.50 Å². The Morgan fingerprint density at radius 1 is 1.20 bits per heavy atom. The predicted octanol–water partition coefficient (Wildman–Crippen LogP) is 4.95. The van der Waals surface area contributed by atoms with E-state index in [1.165, 1.54) is 18.9 Å². The van der Waals surface area contributed by atoms with Crippen LogP contribution in [0.5, 0.6) is 0 Å². The normalized spacial score (nSPS) is 24.9. The topological polar surface area (TPSA) is 20.2 Å². The van der Waals surface area contributed by atoms with Crippen LogP contribution in [-0.2, 0) is 6.42 Å². The summed E-state index contributed by atoms with van der Waals surface area (Å²) in [5.41, 5.74) is 0.864. The highest BCUT2D eigenvalue weighted by Crippen LogP contribution is 2.36. The molecule has 1 N–H and O–H groups in total. The minimum Gasteiger partial charge on any atom is -0.392 e.